The molecule has 2 fully saturated rings. The van der Waals surface area contributed by atoms with E-state index in [-0.39, 0.29) is 23.5 Å². The summed E-state index contributed by atoms with van der Waals surface area (Å²) in [5.74, 6) is -0.00840. The average Bonchev–Trinajstić information content (AvgIpc) is 2.46. The Hall–Kier alpha value is -1.79. The van der Waals surface area contributed by atoms with Gasteiger partial charge in [-0.1, -0.05) is 29.6 Å². The van der Waals surface area contributed by atoms with Crippen LogP contribution in [0, 0.1) is 5.92 Å². The van der Waals surface area contributed by atoms with Crippen molar-refractivity contribution in [3.05, 3.63) is 0 Å². The number of hydrogen-bond acceptors (Lipinski definition) is 5. The Kier molecular flexibility index (Phi) is 4.01. The van der Waals surface area contributed by atoms with Gasteiger partial charge in [0.1, 0.15) is 0 Å². The van der Waals surface area contributed by atoms with Gasteiger partial charge in [0, 0.05) is 19.0 Å². The Balaban J connectivity index is 2.12. The van der Waals surface area contributed by atoms with Crippen molar-refractivity contribution in [2.24, 2.45) is 16.2 Å². The van der Waals surface area contributed by atoms with Crippen LogP contribution in [0.15, 0.2) is 10.3 Å². The molecule has 0 aromatic heterocycles. The Bertz CT molecular complexity index is 374. The quantitative estimate of drug-likeness (QED) is 0.471. The summed E-state index contributed by atoms with van der Waals surface area (Å²) in [7, 11) is 0. The van der Waals surface area contributed by atoms with E-state index in [9.17, 15) is 4.79 Å². The van der Waals surface area contributed by atoms with E-state index in [1.807, 2.05) is 0 Å². The summed E-state index contributed by atoms with van der Waals surface area (Å²) in [6.07, 6.45) is 5.07. The normalized spacial score (nSPS) is 26.3. The maximum absolute atomic E-state index is 12.4. The van der Waals surface area contributed by atoms with Gasteiger partial charge >= 0.3 is 0 Å². The van der Waals surface area contributed by atoms with Crippen LogP contribution in [0.4, 0.5) is 0 Å². The zero-order chi connectivity index (χ0) is 13.0. The van der Waals surface area contributed by atoms with Gasteiger partial charge in [0.25, 0.3) is 0 Å². The maximum Gasteiger partial charge on any atom is 0.231 e. The first-order chi connectivity index (χ1) is 8.77. The molecule has 0 radical (unpaired) electrons. The minimum absolute atomic E-state index is 0.000626. The molecule has 7 nitrogen and oxygen atoms in total. The van der Waals surface area contributed by atoms with Crippen molar-refractivity contribution in [2.45, 2.75) is 32.1 Å². The molecule has 2 rings (SSSR count). The maximum atomic E-state index is 12.4. The van der Waals surface area contributed by atoms with Gasteiger partial charge in [-0.15, -0.1) is 0 Å². The molecule has 0 atom stereocenters. The molecule has 1 amide bonds. The largest absolute Gasteiger partial charge is 0.409 e. The number of nitrogens with zero attached hydrogens (tertiary/aromatic N) is 3. The van der Waals surface area contributed by atoms with Gasteiger partial charge in [0.05, 0.1) is 0 Å². The summed E-state index contributed by atoms with van der Waals surface area (Å²) in [5, 5.41) is 26.6. The Morgan fingerprint density at radius 2 is 1.94 bits per heavy atom. The molecular formula is C11H18N4O3. The monoisotopic (exact) mass is 254 g/mol. The van der Waals surface area contributed by atoms with E-state index < -0.39 is 0 Å². The molecule has 1 heterocycles. The third-order valence-electron chi connectivity index (χ3n) is 3.51. The standard InChI is InChI=1S/C11H18N4O3/c16-11(8-4-2-1-3-5-8)15-7-6-12-9(13-17)10(15)14-18/h8,17-18H,1-7H2,(H,12,13). The Labute approximate surface area is 105 Å². The second kappa shape index (κ2) is 5.70. The van der Waals surface area contributed by atoms with E-state index in [2.05, 4.69) is 15.6 Å². The van der Waals surface area contributed by atoms with E-state index in [0.29, 0.717) is 13.1 Å². The number of amidine groups is 2. The van der Waals surface area contributed by atoms with Gasteiger partial charge in [-0.05, 0) is 12.8 Å². The summed E-state index contributed by atoms with van der Waals surface area (Å²) in [4.78, 5) is 13.8. The average molecular weight is 254 g/mol. The number of carbonyl (C=O) groups excluding carboxylic acids is 1. The lowest BCUT2D eigenvalue weighted by Crippen LogP contribution is -2.56. The fraction of sp³-hybridized carbons (Fsp3) is 0.727. The topological polar surface area (TPSA) is 97.5 Å². The van der Waals surface area contributed by atoms with Crippen molar-refractivity contribution in [1.29, 1.82) is 0 Å². The first-order valence-corrected chi connectivity index (χ1v) is 6.27. The minimum atomic E-state index is -0.0369. The highest BCUT2D eigenvalue weighted by molar-refractivity contribution is 6.42. The summed E-state index contributed by atoms with van der Waals surface area (Å²) >= 11 is 0. The predicted octanol–water partition coefficient (Wildman–Crippen LogP) is 0.574. The van der Waals surface area contributed by atoms with Crippen molar-refractivity contribution in [1.82, 2.24) is 10.2 Å². The SMILES string of the molecule is O=C(C1CCCCC1)N1CCNC(=NO)C1=NO. The molecule has 0 bridgehead atoms. The number of amides is 1. The fourth-order valence-corrected chi connectivity index (χ4v) is 2.56. The van der Waals surface area contributed by atoms with Gasteiger partial charge in [0.15, 0.2) is 0 Å². The van der Waals surface area contributed by atoms with E-state index in [0.717, 1.165) is 25.7 Å². The zero-order valence-electron chi connectivity index (χ0n) is 10.2. The van der Waals surface area contributed by atoms with Crippen molar-refractivity contribution < 1.29 is 15.2 Å². The molecule has 0 spiro atoms. The van der Waals surface area contributed by atoms with Crippen molar-refractivity contribution in [2.75, 3.05) is 13.1 Å². The second-order valence-corrected chi connectivity index (χ2v) is 4.62. The molecule has 1 saturated carbocycles. The Morgan fingerprint density at radius 3 is 2.56 bits per heavy atom. The summed E-state index contributed by atoms with van der Waals surface area (Å²) in [6, 6.07) is 0. The molecule has 0 aromatic rings. The molecule has 1 saturated heterocycles. The smallest absolute Gasteiger partial charge is 0.231 e. The van der Waals surface area contributed by atoms with E-state index in [1.165, 1.54) is 11.3 Å². The fourth-order valence-electron chi connectivity index (χ4n) is 2.56. The number of oxime groups is 2. The van der Waals surface area contributed by atoms with Crippen LogP contribution in [0.1, 0.15) is 32.1 Å². The molecule has 2 aliphatic rings. The first kappa shape index (κ1) is 12.7. The molecule has 1 aliphatic heterocycles. The molecule has 0 aromatic carbocycles. The van der Waals surface area contributed by atoms with E-state index >= 15 is 0 Å². The van der Waals surface area contributed by atoms with Crippen LogP contribution in [0.3, 0.4) is 0 Å². The van der Waals surface area contributed by atoms with Gasteiger partial charge in [-0.2, -0.15) is 0 Å². The lowest BCUT2D eigenvalue weighted by atomic mass is 9.88. The predicted molar refractivity (Wildman–Crippen MR) is 64.7 cm³/mol. The van der Waals surface area contributed by atoms with Crippen LogP contribution in [-0.4, -0.2) is 46.0 Å². The number of nitrogens with one attached hydrogen (secondary N) is 1. The summed E-state index contributed by atoms with van der Waals surface area (Å²) in [5.41, 5.74) is 0. The zero-order valence-corrected chi connectivity index (χ0v) is 10.2. The van der Waals surface area contributed by atoms with Gasteiger partial charge in [-0.3, -0.25) is 9.69 Å². The van der Waals surface area contributed by atoms with Crippen molar-refractivity contribution in [3.8, 4) is 0 Å². The van der Waals surface area contributed by atoms with Gasteiger partial charge < -0.3 is 15.7 Å². The lowest BCUT2D eigenvalue weighted by molar-refractivity contribution is -0.132. The third-order valence-corrected chi connectivity index (χ3v) is 3.51. The molecule has 7 heteroatoms. The highest BCUT2D eigenvalue weighted by Gasteiger charge is 2.33. The van der Waals surface area contributed by atoms with Crippen molar-refractivity contribution in [3.63, 3.8) is 0 Å². The summed E-state index contributed by atoms with van der Waals surface area (Å²) < 4.78 is 0. The van der Waals surface area contributed by atoms with Crippen LogP contribution >= 0.6 is 0 Å². The first-order valence-electron chi connectivity index (χ1n) is 6.27. The van der Waals surface area contributed by atoms with E-state index in [1.54, 1.807) is 0 Å². The number of hydrogen-bond donors (Lipinski definition) is 3. The number of piperazine rings is 1. The molecule has 3 N–H and O–H groups in total. The highest BCUT2D eigenvalue weighted by atomic mass is 16.4. The third kappa shape index (κ3) is 2.39. The number of rotatable bonds is 1. The molecule has 1 aliphatic carbocycles. The molecule has 0 unspecified atom stereocenters. The highest BCUT2D eigenvalue weighted by Crippen LogP contribution is 2.25. The molecular weight excluding hydrogens is 236 g/mol. The van der Waals surface area contributed by atoms with Crippen LogP contribution in [-0.2, 0) is 4.79 Å². The van der Waals surface area contributed by atoms with Crippen LogP contribution in [0.2, 0.25) is 0 Å². The second-order valence-electron chi connectivity index (χ2n) is 4.62. The number of carbonyl (C=O) groups is 1. The van der Waals surface area contributed by atoms with Crippen molar-refractivity contribution >= 4 is 17.6 Å². The van der Waals surface area contributed by atoms with Gasteiger partial charge in [-0.25, -0.2) is 0 Å². The minimum Gasteiger partial charge on any atom is -0.409 e. The molecule has 100 valence electrons. The van der Waals surface area contributed by atoms with Gasteiger partial charge in [0.2, 0.25) is 17.6 Å². The lowest BCUT2D eigenvalue weighted by Gasteiger charge is -2.32. The summed E-state index contributed by atoms with van der Waals surface area (Å²) in [6.45, 7) is 0.907. The van der Waals surface area contributed by atoms with E-state index in [4.69, 9.17) is 10.4 Å². The Morgan fingerprint density at radius 1 is 1.22 bits per heavy atom. The van der Waals surface area contributed by atoms with Crippen LogP contribution in [0.5, 0.6) is 0 Å². The van der Waals surface area contributed by atoms with Crippen LogP contribution < -0.4 is 5.32 Å². The van der Waals surface area contributed by atoms with Crippen LogP contribution in [0.25, 0.3) is 0 Å². The molecule has 18 heavy (non-hydrogen) atoms.